The number of hydrogen-bond donors (Lipinski definition) is 1. The zero-order valence-electron chi connectivity index (χ0n) is 24.8. The Morgan fingerprint density at radius 2 is 1.56 bits per heavy atom. The molecular formula is C35H26ClF5N2O4S. The molecule has 0 aliphatic heterocycles. The van der Waals surface area contributed by atoms with Gasteiger partial charge in [0, 0.05) is 28.6 Å². The number of pyridine rings is 1. The lowest BCUT2D eigenvalue weighted by Crippen LogP contribution is -2.33. The summed E-state index contributed by atoms with van der Waals surface area (Å²) in [5, 5.41) is 10.00. The third kappa shape index (κ3) is 6.39. The quantitative estimate of drug-likeness (QED) is 0.116. The number of alkyl halides is 5. The van der Waals surface area contributed by atoms with Gasteiger partial charge in [0.2, 0.25) is 0 Å². The second-order valence-corrected chi connectivity index (χ2v) is 13.7. The number of aromatic nitrogens is 1. The lowest BCUT2D eigenvalue weighted by atomic mass is 10.0. The van der Waals surface area contributed by atoms with Crippen LogP contribution in [0.3, 0.4) is 0 Å². The van der Waals surface area contributed by atoms with Crippen molar-refractivity contribution in [2.24, 2.45) is 5.92 Å². The van der Waals surface area contributed by atoms with Crippen LogP contribution in [0.1, 0.15) is 51.6 Å². The Labute approximate surface area is 277 Å². The maximum atomic E-state index is 14.9. The van der Waals surface area contributed by atoms with Crippen molar-refractivity contribution in [3.63, 3.8) is 0 Å². The zero-order valence-corrected chi connectivity index (χ0v) is 26.4. The normalized spacial score (nSPS) is 14.6. The molecule has 0 spiro atoms. The molecule has 48 heavy (non-hydrogen) atoms. The maximum absolute atomic E-state index is 14.9. The van der Waals surface area contributed by atoms with Crippen LogP contribution in [0.25, 0.3) is 10.8 Å². The summed E-state index contributed by atoms with van der Waals surface area (Å²) in [6, 6.07) is 21.2. The fraction of sp³-hybridized carbons (Fsp3) is 0.200. The number of anilines is 1. The van der Waals surface area contributed by atoms with Crippen LogP contribution in [-0.2, 0) is 28.7 Å². The number of halogens is 6. The van der Waals surface area contributed by atoms with Gasteiger partial charge in [0.1, 0.15) is 11.7 Å². The Kier molecular flexibility index (Phi) is 8.78. The zero-order chi connectivity index (χ0) is 34.4. The molecule has 0 amide bonds. The highest BCUT2D eigenvalue weighted by atomic mass is 35.5. The molecule has 0 saturated heterocycles. The number of fused-ring (bicyclic) bond motifs is 1. The number of benzene rings is 4. The highest BCUT2D eigenvalue weighted by Crippen LogP contribution is 2.51. The molecule has 1 atom stereocenters. The molecule has 0 radical (unpaired) electrons. The molecule has 1 aliphatic rings. The molecule has 13 heteroatoms. The first kappa shape index (κ1) is 33.5. The number of nitrogens with zero attached hydrogens (tertiary/aromatic N) is 2. The van der Waals surface area contributed by atoms with Crippen LogP contribution in [0.4, 0.5) is 27.8 Å². The molecule has 248 valence electrons. The first-order valence-electron chi connectivity index (χ1n) is 14.7. The molecule has 6 rings (SSSR count). The number of sulfonamides is 1. The number of ketones is 1. The summed E-state index contributed by atoms with van der Waals surface area (Å²) in [5.74, 6) is -5.77. The third-order valence-electron chi connectivity index (χ3n) is 8.20. The standard InChI is InChI=1S/C35H26ClF5N2O4S/c36-29-18-21(10-17-28(29)34(37,38)25-13-14-25)20-43(33-30(35(39,40)41)27-9-5-4-8-24(27)19-42-33)48(46,47)26-15-11-23(12-16-26)32(45)31(44)22-6-2-1-3-7-22/h1-12,15-19,25,31,44H,13-14,20H2. The third-order valence-corrected chi connectivity index (χ3v) is 10.3. The van der Waals surface area contributed by atoms with Gasteiger partial charge in [-0.25, -0.2) is 26.5 Å². The van der Waals surface area contributed by atoms with E-state index in [1.54, 1.807) is 30.3 Å². The van der Waals surface area contributed by atoms with Crippen LogP contribution in [0.15, 0.2) is 108 Å². The fourth-order valence-corrected chi connectivity index (χ4v) is 7.27. The first-order valence-corrected chi connectivity index (χ1v) is 16.5. The Hall–Kier alpha value is -4.39. The van der Waals surface area contributed by atoms with E-state index in [0.29, 0.717) is 22.7 Å². The van der Waals surface area contributed by atoms with Gasteiger partial charge < -0.3 is 5.11 Å². The van der Waals surface area contributed by atoms with Crippen LogP contribution in [0, 0.1) is 5.92 Å². The second kappa shape index (κ2) is 12.6. The van der Waals surface area contributed by atoms with E-state index >= 15 is 0 Å². The van der Waals surface area contributed by atoms with Crippen molar-refractivity contribution >= 4 is 44.0 Å². The Balaban J connectivity index is 1.44. The molecule has 0 bridgehead atoms. The van der Waals surface area contributed by atoms with E-state index < -0.39 is 68.3 Å². The molecular weight excluding hydrogens is 675 g/mol. The highest BCUT2D eigenvalue weighted by Gasteiger charge is 2.49. The fourth-order valence-electron chi connectivity index (χ4n) is 5.52. The van der Waals surface area contributed by atoms with Crippen LogP contribution < -0.4 is 4.31 Å². The number of carbonyl (C=O) groups excluding carboxylic acids is 1. The smallest absolute Gasteiger partial charge is 0.380 e. The number of Topliss-reactive ketones (excluding diaryl/α,β-unsaturated/α-hetero) is 1. The van der Waals surface area contributed by atoms with Crippen LogP contribution in [0.2, 0.25) is 5.02 Å². The SMILES string of the molecule is O=C(c1ccc(S(=O)(=O)N(Cc2ccc(C(F)(F)C3CC3)c(Cl)c2)c2ncc3ccccc3c2C(F)(F)F)cc1)C(O)c1ccccc1. The van der Waals surface area contributed by atoms with Gasteiger partial charge in [0.05, 0.1) is 16.5 Å². The lowest BCUT2D eigenvalue weighted by Gasteiger charge is -2.27. The Morgan fingerprint density at radius 1 is 0.917 bits per heavy atom. The maximum Gasteiger partial charge on any atom is 0.420 e. The van der Waals surface area contributed by atoms with E-state index in [0.717, 1.165) is 42.6 Å². The largest absolute Gasteiger partial charge is 0.420 e. The molecule has 1 unspecified atom stereocenters. The van der Waals surface area contributed by atoms with Gasteiger partial charge in [-0.3, -0.25) is 4.79 Å². The van der Waals surface area contributed by atoms with Gasteiger partial charge in [-0.05, 0) is 59.7 Å². The molecule has 1 aromatic heterocycles. The van der Waals surface area contributed by atoms with E-state index in [1.165, 1.54) is 30.3 Å². The van der Waals surface area contributed by atoms with E-state index in [4.69, 9.17) is 11.6 Å². The number of carbonyl (C=O) groups is 1. The van der Waals surface area contributed by atoms with Gasteiger partial charge in [0.15, 0.2) is 11.6 Å². The second-order valence-electron chi connectivity index (χ2n) is 11.5. The van der Waals surface area contributed by atoms with Crippen molar-refractivity contribution in [1.29, 1.82) is 0 Å². The molecule has 1 N–H and O–H groups in total. The van der Waals surface area contributed by atoms with Crippen LogP contribution in [0.5, 0.6) is 0 Å². The van der Waals surface area contributed by atoms with Crippen molar-refractivity contribution in [2.75, 3.05) is 4.31 Å². The monoisotopic (exact) mass is 700 g/mol. The average molecular weight is 701 g/mol. The van der Waals surface area contributed by atoms with E-state index in [2.05, 4.69) is 4.98 Å². The molecule has 5 aromatic rings. The van der Waals surface area contributed by atoms with Crippen LogP contribution >= 0.6 is 11.6 Å². The molecule has 1 saturated carbocycles. The van der Waals surface area contributed by atoms with Crippen molar-refractivity contribution in [3.05, 3.63) is 136 Å². The minimum atomic E-state index is -5.06. The summed E-state index contributed by atoms with van der Waals surface area (Å²) in [5.41, 5.74) is -1.48. The van der Waals surface area contributed by atoms with Crippen LogP contribution in [-0.4, -0.2) is 24.3 Å². The molecule has 1 aliphatic carbocycles. The number of aliphatic hydroxyl groups is 1. The summed E-state index contributed by atoms with van der Waals surface area (Å²) in [7, 11) is -4.87. The van der Waals surface area contributed by atoms with Crippen molar-refractivity contribution in [2.45, 2.75) is 42.5 Å². The molecule has 4 aromatic carbocycles. The number of rotatable bonds is 10. The molecule has 6 nitrogen and oxygen atoms in total. The summed E-state index contributed by atoms with van der Waals surface area (Å²) in [4.78, 5) is 16.4. The summed E-state index contributed by atoms with van der Waals surface area (Å²) in [6.45, 7) is -0.751. The predicted octanol–water partition coefficient (Wildman–Crippen LogP) is 8.72. The predicted molar refractivity (Wildman–Crippen MR) is 170 cm³/mol. The topological polar surface area (TPSA) is 87.6 Å². The molecule has 1 heterocycles. The van der Waals surface area contributed by atoms with Crippen molar-refractivity contribution in [1.82, 2.24) is 4.98 Å². The van der Waals surface area contributed by atoms with Gasteiger partial charge in [-0.1, -0.05) is 78.3 Å². The van der Waals surface area contributed by atoms with Gasteiger partial charge in [0.25, 0.3) is 15.9 Å². The summed E-state index contributed by atoms with van der Waals surface area (Å²) < 4.78 is 103. The molecule has 1 fully saturated rings. The highest BCUT2D eigenvalue weighted by molar-refractivity contribution is 7.92. The van der Waals surface area contributed by atoms with Gasteiger partial charge in [-0.2, -0.15) is 13.2 Å². The summed E-state index contributed by atoms with van der Waals surface area (Å²) >= 11 is 6.25. The van der Waals surface area contributed by atoms with E-state index in [-0.39, 0.29) is 26.9 Å². The number of aliphatic hydroxyl groups excluding tert-OH is 1. The minimum absolute atomic E-state index is 0.0276. The Bertz CT molecular complexity index is 2110. The first-order chi connectivity index (χ1) is 22.7. The average Bonchev–Trinajstić information content (AvgIpc) is 3.93. The minimum Gasteiger partial charge on any atom is -0.380 e. The van der Waals surface area contributed by atoms with E-state index in [9.17, 15) is 40.3 Å². The van der Waals surface area contributed by atoms with Crippen molar-refractivity contribution < 1.29 is 40.3 Å². The van der Waals surface area contributed by atoms with Crippen molar-refractivity contribution in [3.8, 4) is 0 Å². The van der Waals surface area contributed by atoms with E-state index in [1.807, 2.05) is 0 Å². The van der Waals surface area contributed by atoms with Gasteiger partial charge in [-0.15, -0.1) is 0 Å². The lowest BCUT2D eigenvalue weighted by molar-refractivity contribution is -0.135. The Morgan fingerprint density at radius 3 is 2.19 bits per heavy atom. The van der Waals surface area contributed by atoms with Gasteiger partial charge >= 0.3 is 6.18 Å². The number of hydrogen-bond acceptors (Lipinski definition) is 5. The summed E-state index contributed by atoms with van der Waals surface area (Å²) in [6.07, 6.45) is -4.85.